The highest BCUT2D eigenvalue weighted by Crippen LogP contribution is 2.23. The third kappa shape index (κ3) is 2.96. The summed E-state index contributed by atoms with van der Waals surface area (Å²) in [7, 11) is 3.95. The summed E-state index contributed by atoms with van der Waals surface area (Å²) < 4.78 is 1.85. The minimum Gasteiger partial charge on any atom is -0.311 e. The van der Waals surface area contributed by atoms with Crippen LogP contribution in [0.3, 0.4) is 0 Å². The van der Waals surface area contributed by atoms with Crippen LogP contribution in [-0.4, -0.2) is 16.8 Å². The lowest BCUT2D eigenvalue weighted by molar-refractivity contribution is 0.566. The number of hydrogen-bond donors (Lipinski definition) is 1. The van der Waals surface area contributed by atoms with Crippen molar-refractivity contribution >= 4 is 11.3 Å². The van der Waals surface area contributed by atoms with Crippen molar-refractivity contribution < 1.29 is 0 Å². The molecule has 0 bridgehead atoms. The van der Waals surface area contributed by atoms with E-state index in [0.717, 1.165) is 18.5 Å². The zero-order chi connectivity index (χ0) is 12.3. The Bertz CT molecular complexity index is 472. The Kier molecular flexibility index (Phi) is 3.97. The Balaban J connectivity index is 2.09. The van der Waals surface area contributed by atoms with Crippen LogP contribution in [0.15, 0.2) is 24.4 Å². The van der Waals surface area contributed by atoms with Gasteiger partial charge in [-0.3, -0.25) is 4.68 Å². The summed E-state index contributed by atoms with van der Waals surface area (Å²) in [5, 5.41) is 7.80. The monoisotopic (exact) mass is 249 g/mol. The molecule has 0 aliphatic heterocycles. The van der Waals surface area contributed by atoms with Crippen molar-refractivity contribution in [3.63, 3.8) is 0 Å². The second-order valence-corrected chi connectivity index (χ2v) is 5.43. The van der Waals surface area contributed by atoms with Crippen LogP contribution in [-0.2, 0) is 19.9 Å². The Morgan fingerprint density at radius 3 is 2.65 bits per heavy atom. The van der Waals surface area contributed by atoms with Gasteiger partial charge < -0.3 is 5.32 Å². The van der Waals surface area contributed by atoms with E-state index in [1.165, 1.54) is 9.75 Å². The average Bonchev–Trinajstić information content (AvgIpc) is 2.94. The molecule has 0 saturated heterocycles. The molecule has 1 N–H and O–H groups in total. The number of likely N-dealkylation sites (N-methyl/N-ethyl adjacent to an activating group) is 1. The molecule has 0 spiro atoms. The largest absolute Gasteiger partial charge is 0.311 e. The Morgan fingerprint density at radius 1 is 1.35 bits per heavy atom. The van der Waals surface area contributed by atoms with Gasteiger partial charge in [0.25, 0.3) is 0 Å². The molecule has 4 heteroatoms. The highest BCUT2D eigenvalue weighted by molar-refractivity contribution is 7.11. The van der Waals surface area contributed by atoms with E-state index < -0.39 is 0 Å². The molecule has 0 amide bonds. The lowest BCUT2D eigenvalue weighted by Crippen LogP contribution is -2.19. The maximum atomic E-state index is 4.46. The van der Waals surface area contributed by atoms with Crippen molar-refractivity contribution in [1.82, 2.24) is 15.1 Å². The average molecular weight is 249 g/mol. The van der Waals surface area contributed by atoms with Gasteiger partial charge in [0.1, 0.15) is 0 Å². The van der Waals surface area contributed by atoms with Gasteiger partial charge in [0, 0.05) is 29.4 Å². The van der Waals surface area contributed by atoms with Gasteiger partial charge in [-0.2, -0.15) is 5.10 Å². The number of rotatable bonds is 5. The molecule has 0 aromatic carbocycles. The first-order valence-corrected chi connectivity index (χ1v) is 6.79. The van der Waals surface area contributed by atoms with E-state index in [2.05, 4.69) is 35.5 Å². The van der Waals surface area contributed by atoms with Crippen LogP contribution < -0.4 is 5.32 Å². The molecule has 0 aliphatic carbocycles. The van der Waals surface area contributed by atoms with Crippen LogP contribution in [0.1, 0.15) is 28.4 Å². The quantitative estimate of drug-likeness (QED) is 0.882. The smallest absolute Gasteiger partial charge is 0.0797 e. The highest BCUT2D eigenvalue weighted by atomic mass is 32.1. The van der Waals surface area contributed by atoms with Crippen molar-refractivity contribution in [3.05, 3.63) is 39.8 Å². The summed E-state index contributed by atoms with van der Waals surface area (Å²) in [5.41, 5.74) is 1.11. The Labute approximate surface area is 106 Å². The Hall–Kier alpha value is -1.13. The molecule has 3 nitrogen and oxygen atoms in total. The first-order chi connectivity index (χ1) is 8.22. The van der Waals surface area contributed by atoms with E-state index in [9.17, 15) is 0 Å². The number of nitrogens with zero attached hydrogens (tertiary/aromatic N) is 2. The Morgan fingerprint density at radius 2 is 2.12 bits per heavy atom. The summed E-state index contributed by atoms with van der Waals surface area (Å²) in [6.07, 6.45) is 4.13. The first kappa shape index (κ1) is 12.3. The van der Waals surface area contributed by atoms with Gasteiger partial charge in [-0.1, -0.05) is 6.92 Å². The van der Waals surface area contributed by atoms with Crippen LogP contribution in [0.25, 0.3) is 0 Å². The van der Waals surface area contributed by atoms with Gasteiger partial charge in [-0.25, -0.2) is 0 Å². The number of hydrogen-bond acceptors (Lipinski definition) is 3. The lowest BCUT2D eigenvalue weighted by atomic mass is 10.1. The number of aryl methyl sites for hydroxylation is 2. The standard InChI is InChI=1S/C13H19N3S/c1-4-10-5-6-11(17-10)9-13(14-2)12-7-8-16(3)15-12/h5-8,13-14H,4,9H2,1-3H3. The van der Waals surface area contributed by atoms with Crippen LogP contribution in [0.5, 0.6) is 0 Å². The van der Waals surface area contributed by atoms with Crippen molar-refractivity contribution in [2.24, 2.45) is 7.05 Å². The molecular weight excluding hydrogens is 230 g/mol. The minimum atomic E-state index is 0.305. The molecule has 92 valence electrons. The van der Waals surface area contributed by atoms with Gasteiger partial charge in [0.2, 0.25) is 0 Å². The third-order valence-electron chi connectivity index (χ3n) is 2.91. The molecule has 0 aliphatic rings. The molecule has 2 aromatic heterocycles. The van der Waals surface area contributed by atoms with Gasteiger partial charge in [-0.15, -0.1) is 11.3 Å². The zero-order valence-corrected chi connectivity index (χ0v) is 11.4. The molecule has 17 heavy (non-hydrogen) atoms. The fourth-order valence-corrected chi connectivity index (χ4v) is 2.90. The SMILES string of the molecule is CCc1ccc(CC(NC)c2ccn(C)n2)s1. The molecule has 0 radical (unpaired) electrons. The predicted molar refractivity (Wildman–Crippen MR) is 72.4 cm³/mol. The molecule has 2 rings (SSSR count). The summed E-state index contributed by atoms with van der Waals surface area (Å²) in [5.74, 6) is 0. The second-order valence-electron chi connectivity index (χ2n) is 4.18. The second kappa shape index (κ2) is 5.47. The summed E-state index contributed by atoms with van der Waals surface area (Å²) >= 11 is 1.90. The van der Waals surface area contributed by atoms with Crippen LogP contribution in [0, 0.1) is 0 Å². The van der Waals surface area contributed by atoms with Gasteiger partial charge in [-0.05, 0) is 31.7 Å². The first-order valence-electron chi connectivity index (χ1n) is 5.97. The van der Waals surface area contributed by atoms with Gasteiger partial charge >= 0.3 is 0 Å². The maximum Gasteiger partial charge on any atom is 0.0797 e. The number of thiophene rings is 1. The number of aromatic nitrogens is 2. The molecule has 2 aromatic rings. The van der Waals surface area contributed by atoms with E-state index >= 15 is 0 Å². The van der Waals surface area contributed by atoms with E-state index in [-0.39, 0.29) is 0 Å². The fourth-order valence-electron chi connectivity index (χ4n) is 1.90. The van der Waals surface area contributed by atoms with E-state index in [1.54, 1.807) is 0 Å². The molecule has 0 fully saturated rings. The molecule has 1 atom stereocenters. The zero-order valence-electron chi connectivity index (χ0n) is 10.6. The van der Waals surface area contributed by atoms with Gasteiger partial charge in [0.05, 0.1) is 11.7 Å². The van der Waals surface area contributed by atoms with E-state index in [4.69, 9.17) is 0 Å². The minimum absolute atomic E-state index is 0.305. The normalized spacial score (nSPS) is 12.9. The maximum absolute atomic E-state index is 4.46. The summed E-state index contributed by atoms with van der Waals surface area (Å²) in [6, 6.07) is 6.84. The molecule has 1 unspecified atom stereocenters. The van der Waals surface area contributed by atoms with E-state index in [0.29, 0.717) is 6.04 Å². The fraction of sp³-hybridized carbons (Fsp3) is 0.462. The number of nitrogens with one attached hydrogen (secondary N) is 1. The van der Waals surface area contributed by atoms with Gasteiger partial charge in [0.15, 0.2) is 0 Å². The van der Waals surface area contributed by atoms with Crippen molar-refractivity contribution in [2.75, 3.05) is 7.05 Å². The van der Waals surface area contributed by atoms with Crippen molar-refractivity contribution in [3.8, 4) is 0 Å². The molecule has 2 heterocycles. The van der Waals surface area contributed by atoms with Crippen LogP contribution in [0.2, 0.25) is 0 Å². The van der Waals surface area contributed by atoms with Crippen LogP contribution in [0.4, 0.5) is 0 Å². The molecule has 0 saturated carbocycles. The third-order valence-corrected chi connectivity index (χ3v) is 4.16. The summed E-state index contributed by atoms with van der Waals surface area (Å²) in [4.78, 5) is 2.88. The lowest BCUT2D eigenvalue weighted by Gasteiger charge is -2.12. The molecular formula is C13H19N3S. The van der Waals surface area contributed by atoms with E-state index in [1.807, 2.05) is 36.3 Å². The highest BCUT2D eigenvalue weighted by Gasteiger charge is 2.13. The summed E-state index contributed by atoms with van der Waals surface area (Å²) in [6.45, 7) is 2.20. The van der Waals surface area contributed by atoms with Crippen molar-refractivity contribution in [1.29, 1.82) is 0 Å². The predicted octanol–water partition coefficient (Wildman–Crippen LogP) is 2.55. The van der Waals surface area contributed by atoms with Crippen LogP contribution >= 0.6 is 11.3 Å². The topological polar surface area (TPSA) is 29.9 Å². The van der Waals surface area contributed by atoms with Crippen molar-refractivity contribution in [2.45, 2.75) is 25.8 Å².